The molecule has 104 valence electrons. The number of amides is 1. The van der Waals surface area contributed by atoms with Gasteiger partial charge in [0.15, 0.2) is 6.61 Å². The van der Waals surface area contributed by atoms with Crippen molar-refractivity contribution in [1.29, 1.82) is 0 Å². The smallest absolute Gasteiger partial charge is 0.260 e. The van der Waals surface area contributed by atoms with Gasteiger partial charge in [-0.2, -0.15) is 0 Å². The molecule has 1 aromatic carbocycles. The summed E-state index contributed by atoms with van der Waals surface area (Å²) in [6.45, 7) is 0.0485. The van der Waals surface area contributed by atoms with E-state index in [2.05, 4.69) is 0 Å². The van der Waals surface area contributed by atoms with Crippen LogP contribution < -0.4 is 4.74 Å². The first-order valence-electron chi connectivity index (χ1n) is 5.69. The van der Waals surface area contributed by atoms with E-state index in [1.165, 1.54) is 11.0 Å². The molecular formula is C12H13Cl2NO4. The maximum Gasteiger partial charge on any atom is 0.260 e. The van der Waals surface area contributed by atoms with Crippen LogP contribution in [0.5, 0.6) is 5.75 Å². The number of likely N-dealkylation sites (tertiary alicyclic amines) is 1. The standard InChI is InChI=1S/C12H13Cl2NO4/c13-8-2-1-7(3-9(8)14)19-6-12(18)15-4-10(16)11(17)5-15/h1-3,10-11,16-17H,4-6H2/t10-,11+. The Bertz CT molecular complexity index is 473. The van der Waals surface area contributed by atoms with Crippen molar-refractivity contribution in [2.75, 3.05) is 19.7 Å². The molecule has 1 fully saturated rings. The van der Waals surface area contributed by atoms with Gasteiger partial charge in [0.05, 0.1) is 22.3 Å². The van der Waals surface area contributed by atoms with Crippen LogP contribution in [0.3, 0.4) is 0 Å². The average molecular weight is 306 g/mol. The average Bonchev–Trinajstić information content (AvgIpc) is 2.71. The summed E-state index contributed by atoms with van der Waals surface area (Å²) in [6, 6.07) is 4.70. The quantitative estimate of drug-likeness (QED) is 0.872. The predicted molar refractivity (Wildman–Crippen MR) is 70.6 cm³/mol. The maximum atomic E-state index is 11.8. The lowest BCUT2D eigenvalue weighted by atomic mass is 10.3. The number of carbonyl (C=O) groups excluding carboxylic acids is 1. The summed E-state index contributed by atoms with van der Waals surface area (Å²) in [5, 5.41) is 19.5. The second kappa shape index (κ2) is 5.96. The summed E-state index contributed by atoms with van der Waals surface area (Å²) in [7, 11) is 0. The SMILES string of the molecule is O=C(COc1ccc(Cl)c(Cl)c1)N1C[C@@H](O)[C@@H](O)C1. The Hall–Kier alpha value is -1.01. The molecule has 1 saturated heterocycles. The molecule has 5 nitrogen and oxygen atoms in total. The largest absolute Gasteiger partial charge is 0.484 e. The number of carbonyl (C=O) groups is 1. The van der Waals surface area contributed by atoms with Gasteiger partial charge >= 0.3 is 0 Å². The van der Waals surface area contributed by atoms with Crippen molar-refractivity contribution >= 4 is 29.1 Å². The molecule has 2 rings (SSSR count). The Balaban J connectivity index is 1.88. The summed E-state index contributed by atoms with van der Waals surface area (Å²) >= 11 is 11.6. The first-order valence-corrected chi connectivity index (χ1v) is 6.44. The lowest BCUT2D eigenvalue weighted by Gasteiger charge is -2.15. The normalized spacial score (nSPS) is 22.6. The van der Waals surface area contributed by atoms with E-state index in [1.807, 2.05) is 0 Å². The maximum absolute atomic E-state index is 11.8. The monoisotopic (exact) mass is 305 g/mol. The fourth-order valence-corrected chi connectivity index (χ4v) is 2.06. The van der Waals surface area contributed by atoms with E-state index in [0.29, 0.717) is 15.8 Å². The van der Waals surface area contributed by atoms with Gasteiger partial charge in [-0.1, -0.05) is 23.2 Å². The second-order valence-corrected chi connectivity index (χ2v) is 5.11. The van der Waals surface area contributed by atoms with Crippen LogP contribution in [0.4, 0.5) is 0 Å². The minimum atomic E-state index is -0.895. The number of hydrogen-bond acceptors (Lipinski definition) is 4. The Kier molecular flexibility index (Phi) is 4.52. The highest BCUT2D eigenvalue weighted by Crippen LogP contribution is 2.26. The zero-order valence-electron chi connectivity index (χ0n) is 9.92. The number of aliphatic hydroxyl groups excluding tert-OH is 2. The fourth-order valence-electron chi connectivity index (χ4n) is 1.78. The minimum Gasteiger partial charge on any atom is -0.484 e. The molecule has 0 bridgehead atoms. The minimum absolute atomic E-state index is 0.116. The Morgan fingerprint density at radius 2 is 1.89 bits per heavy atom. The number of hydrogen-bond donors (Lipinski definition) is 2. The molecule has 0 aromatic heterocycles. The van der Waals surface area contributed by atoms with Crippen LogP contribution in [0.25, 0.3) is 0 Å². The van der Waals surface area contributed by atoms with E-state index in [9.17, 15) is 15.0 Å². The topological polar surface area (TPSA) is 70.0 Å². The van der Waals surface area contributed by atoms with Gasteiger partial charge in [0.2, 0.25) is 0 Å². The van der Waals surface area contributed by atoms with Crippen LogP contribution in [0.1, 0.15) is 0 Å². The van der Waals surface area contributed by atoms with Crippen LogP contribution in [-0.4, -0.2) is 52.9 Å². The number of β-amino-alcohol motifs (C(OH)–C–C–N with tert-alkyl or cyclic N) is 2. The third-order valence-electron chi connectivity index (χ3n) is 2.87. The molecular weight excluding hydrogens is 293 g/mol. The molecule has 1 aliphatic rings. The van der Waals surface area contributed by atoms with E-state index in [0.717, 1.165) is 0 Å². The predicted octanol–water partition coefficient (Wildman–Crippen LogP) is 0.936. The molecule has 7 heteroatoms. The molecule has 1 aromatic rings. The number of benzene rings is 1. The first kappa shape index (κ1) is 14.4. The summed E-state index contributed by atoms with van der Waals surface area (Å²) < 4.78 is 5.29. The zero-order valence-corrected chi connectivity index (χ0v) is 11.4. The van der Waals surface area contributed by atoms with Crippen molar-refractivity contribution in [3.63, 3.8) is 0 Å². The van der Waals surface area contributed by atoms with Gasteiger partial charge in [0.1, 0.15) is 5.75 Å². The van der Waals surface area contributed by atoms with Crippen molar-refractivity contribution in [2.24, 2.45) is 0 Å². The molecule has 1 aliphatic heterocycles. The molecule has 2 atom stereocenters. The van der Waals surface area contributed by atoms with Crippen molar-refractivity contribution in [2.45, 2.75) is 12.2 Å². The molecule has 0 radical (unpaired) electrons. The van der Waals surface area contributed by atoms with E-state index in [1.54, 1.807) is 12.1 Å². The zero-order chi connectivity index (χ0) is 14.0. The van der Waals surface area contributed by atoms with Gasteiger partial charge in [-0.25, -0.2) is 0 Å². The molecule has 1 heterocycles. The highest BCUT2D eigenvalue weighted by Gasteiger charge is 2.32. The van der Waals surface area contributed by atoms with Crippen molar-refractivity contribution in [3.8, 4) is 5.75 Å². The molecule has 0 unspecified atom stereocenters. The number of aliphatic hydroxyl groups is 2. The number of nitrogens with zero attached hydrogens (tertiary/aromatic N) is 1. The van der Waals surface area contributed by atoms with Crippen molar-refractivity contribution < 1.29 is 19.7 Å². The van der Waals surface area contributed by atoms with E-state index in [4.69, 9.17) is 27.9 Å². The van der Waals surface area contributed by atoms with E-state index < -0.39 is 12.2 Å². The Morgan fingerprint density at radius 3 is 2.47 bits per heavy atom. The highest BCUT2D eigenvalue weighted by atomic mass is 35.5. The summed E-state index contributed by atoms with van der Waals surface area (Å²) in [5.74, 6) is 0.129. The summed E-state index contributed by atoms with van der Waals surface area (Å²) in [5.41, 5.74) is 0. The molecule has 0 saturated carbocycles. The summed E-state index contributed by atoms with van der Waals surface area (Å²) in [6.07, 6.45) is -1.79. The van der Waals surface area contributed by atoms with Gasteiger partial charge in [-0.15, -0.1) is 0 Å². The van der Waals surface area contributed by atoms with Gasteiger partial charge in [0.25, 0.3) is 5.91 Å². The lowest BCUT2D eigenvalue weighted by Crippen LogP contribution is -2.33. The van der Waals surface area contributed by atoms with E-state index in [-0.39, 0.29) is 25.6 Å². The molecule has 19 heavy (non-hydrogen) atoms. The van der Waals surface area contributed by atoms with Crippen LogP contribution in [0.2, 0.25) is 10.0 Å². The van der Waals surface area contributed by atoms with Gasteiger partial charge in [-0.3, -0.25) is 4.79 Å². The lowest BCUT2D eigenvalue weighted by molar-refractivity contribution is -0.132. The first-order chi connectivity index (χ1) is 8.97. The molecule has 0 aliphatic carbocycles. The summed E-state index contributed by atoms with van der Waals surface area (Å²) in [4.78, 5) is 13.1. The van der Waals surface area contributed by atoms with Crippen LogP contribution >= 0.6 is 23.2 Å². The Labute approximate surface area is 120 Å². The second-order valence-electron chi connectivity index (χ2n) is 4.30. The van der Waals surface area contributed by atoms with Crippen molar-refractivity contribution in [1.82, 2.24) is 4.90 Å². The number of rotatable bonds is 3. The molecule has 0 spiro atoms. The highest BCUT2D eigenvalue weighted by molar-refractivity contribution is 6.42. The fraction of sp³-hybridized carbons (Fsp3) is 0.417. The van der Waals surface area contributed by atoms with Gasteiger partial charge < -0.3 is 19.8 Å². The Morgan fingerprint density at radius 1 is 1.26 bits per heavy atom. The van der Waals surface area contributed by atoms with Gasteiger partial charge in [0, 0.05) is 19.2 Å². The van der Waals surface area contributed by atoms with E-state index >= 15 is 0 Å². The molecule has 1 amide bonds. The number of halogens is 2. The third-order valence-corrected chi connectivity index (χ3v) is 3.60. The van der Waals surface area contributed by atoms with Crippen LogP contribution in [-0.2, 0) is 4.79 Å². The van der Waals surface area contributed by atoms with Crippen LogP contribution in [0, 0.1) is 0 Å². The van der Waals surface area contributed by atoms with Gasteiger partial charge in [-0.05, 0) is 12.1 Å². The number of ether oxygens (including phenoxy) is 1. The molecule has 2 N–H and O–H groups in total. The van der Waals surface area contributed by atoms with Crippen molar-refractivity contribution in [3.05, 3.63) is 28.2 Å². The van der Waals surface area contributed by atoms with Crippen LogP contribution in [0.15, 0.2) is 18.2 Å². The third kappa shape index (κ3) is 3.51.